The molecule has 0 saturated heterocycles. The molecule has 0 unspecified atom stereocenters. The van der Waals surface area contributed by atoms with Crippen LogP contribution in [0.2, 0.25) is 5.02 Å². The number of ether oxygens (including phenoxy) is 1. The standard InChI is InChI=1S/C22H17ClN4O2/c23-16-7-5-14(6-8-16)17(24)13-28-22-10-9-21-25-12-18(27(21)26-22)20-11-15-3-1-2-4-19(15)29-20/h1-12,17H,13,24H2/t17-/m1/s1. The van der Waals surface area contributed by atoms with E-state index in [1.165, 1.54) is 0 Å². The minimum absolute atomic E-state index is 0.287. The van der Waals surface area contributed by atoms with Crippen molar-refractivity contribution in [3.8, 4) is 17.3 Å². The number of fused-ring (bicyclic) bond motifs is 2. The Morgan fingerprint density at radius 2 is 1.90 bits per heavy atom. The second-order valence-corrected chi connectivity index (χ2v) is 7.14. The van der Waals surface area contributed by atoms with Crippen molar-refractivity contribution in [2.45, 2.75) is 6.04 Å². The second kappa shape index (κ2) is 7.24. The fourth-order valence-electron chi connectivity index (χ4n) is 3.19. The average molecular weight is 405 g/mol. The highest BCUT2D eigenvalue weighted by molar-refractivity contribution is 6.30. The lowest BCUT2D eigenvalue weighted by atomic mass is 10.1. The summed E-state index contributed by atoms with van der Waals surface area (Å²) >= 11 is 5.93. The molecule has 144 valence electrons. The second-order valence-electron chi connectivity index (χ2n) is 6.70. The summed E-state index contributed by atoms with van der Waals surface area (Å²) in [6.07, 6.45) is 1.74. The third-order valence-electron chi connectivity index (χ3n) is 4.72. The summed E-state index contributed by atoms with van der Waals surface area (Å²) in [5, 5.41) is 6.26. The number of nitrogens with zero attached hydrogens (tertiary/aromatic N) is 3. The van der Waals surface area contributed by atoms with Crippen LogP contribution >= 0.6 is 11.6 Å². The Hall–Kier alpha value is -3.35. The molecule has 3 aromatic heterocycles. The molecular weight excluding hydrogens is 388 g/mol. The summed E-state index contributed by atoms with van der Waals surface area (Å²) in [5.41, 5.74) is 9.44. The van der Waals surface area contributed by atoms with Gasteiger partial charge >= 0.3 is 0 Å². The van der Waals surface area contributed by atoms with E-state index in [9.17, 15) is 0 Å². The van der Waals surface area contributed by atoms with E-state index in [0.29, 0.717) is 22.3 Å². The first-order valence-corrected chi connectivity index (χ1v) is 9.53. The number of halogens is 1. The third kappa shape index (κ3) is 3.44. The molecule has 3 heterocycles. The largest absolute Gasteiger partial charge is 0.475 e. The summed E-state index contributed by atoms with van der Waals surface area (Å²) in [5.74, 6) is 1.15. The van der Waals surface area contributed by atoms with Gasteiger partial charge < -0.3 is 14.9 Å². The van der Waals surface area contributed by atoms with E-state index in [-0.39, 0.29) is 12.6 Å². The zero-order chi connectivity index (χ0) is 19.8. The topological polar surface area (TPSA) is 78.6 Å². The molecule has 5 rings (SSSR count). The van der Waals surface area contributed by atoms with E-state index in [2.05, 4.69) is 10.1 Å². The predicted octanol–water partition coefficient (Wildman–Crippen LogP) is 4.87. The number of benzene rings is 2. The Morgan fingerprint density at radius 1 is 1.07 bits per heavy atom. The van der Waals surface area contributed by atoms with Gasteiger partial charge in [0.25, 0.3) is 0 Å². The Kier molecular flexibility index (Phi) is 4.42. The van der Waals surface area contributed by atoms with Crippen LogP contribution < -0.4 is 10.5 Å². The lowest BCUT2D eigenvalue weighted by Crippen LogP contribution is -2.19. The molecule has 29 heavy (non-hydrogen) atoms. The van der Waals surface area contributed by atoms with Crippen LogP contribution in [0.25, 0.3) is 28.1 Å². The zero-order valence-corrected chi connectivity index (χ0v) is 16.1. The molecule has 0 saturated carbocycles. The van der Waals surface area contributed by atoms with E-state index >= 15 is 0 Å². The van der Waals surface area contributed by atoms with E-state index in [4.69, 9.17) is 26.5 Å². The van der Waals surface area contributed by atoms with Crippen molar-refractivity contribution in [2.24, 2.45) is 5.73 Å². The molecule has 0 fully saturated rings. The average Bonchev–Trinajstić information content (AvgIpc) is 3.35. The number of rotatable bonds is 5. The highest BCUT2D eigenvalue weighted by Crippen LogP contribution is 2.28. The van der Waals surface area contributed by atoms with E-state index in [1.54, 1.807) is 16.8 Å². The number of imidazole rings is 1. The number of aromatic nitrogens is 3. The monoisotopic (exact) mass is 404 g/mol. The van der Waals surface area contributed by atoms with Gasteiger partial charge in [0.1, 0.15) is 17.9 Å². The van der Waals surface area contributed by atoms with Crippen molar-refractivity contribution in [2.75, 3.05) is 6.61 Å². The van der Waals surface area contributed by atoms with Gasteiger partial charge in [0.2, 0.25) is 5.88 Å². The van der Waals surface area contributed by atoms with Crippen LogP contribution in [0.4, 0.5) is 0 Å². The van der Waals surface area contributed by atoms with Gasteiger partial charge in [-0.2, -0.15) is 0 Å². The third-order valence-corrected chi connectivity index (χ3v) is 4.98. The van der Waals surface area contributed by atoms with Gasteiger partial charge in [-0.25, -0.2) is 9.50 Å². The van der Waals surface area contributed by atoms with E-state index in [1.807, 2.05) is 60.7 Å². The van der Waals surface area contributed by atoms with Crippen molar-refractivity contribution < 1.29 is 9.15 Å². The van der Waals surface area contributed by atoms with Crippen LogP contribution in [0, 0.1) is 0 Å². The van der Waals surface area contributed by atoms with E-state index in [0.717, 1.165) is 22.2 Å². The van der Waals surface area contributed by atoms with Crippen LogP contribution in [0.1, 0.15) is 11.6 Å². The maximum atomic E-state index is 6.22. The van der Waals surface area contributed by atoms with Gasteiger partial charge in [0, 0.05) is 16.5 Å². The molecule has 1 atom stereocenters. The van der Waals surface area contributed by atoms with Crippen LogP contribution in [-0.4, -0.2) is 21.2 Å². The Labute approximate surface area is 171 Å². The summed E-state index contributed by atoms with van der Waals surface area (Å²) in [6, 6.07) is 20.6. The predicted molar refractivity (Wildman–Crippen MR) is 112 cm³/mol. The first kappa shape index (κ1) is 17.7. The number of furan rings is 1. The van der Waals surface area contributed by atoms with Gasteiger partial charge in [-0.3, -0.25) is 0 Å². The summed E-state index contributed by atoms with van der Waals surface area (Å²) in [4.78, 5) is 4.41. The number of hydrogen-bond donors (Lipinski definition) is 1. The molecule has 0 aliphatic rings. The molecule has 2 aromatic carbocycles. The Balaban J connectivity index is 1.41. The lowest BCUT2D eigenvalue weighted by Gasteiger charge is -2.13. The van der Waals surface area contributed by atoms with Crippen LogP contribution in [-0.2, 0) is 0 Å². The van der Waals surface area contributed by atoms with Crippen LogP contribution in [0.3, 0.4) is 0 Å². The fourth-order valence-corrected chi connectivity index (χ4v) is 3.32. The molecule has 0 aliphatic carbocycles. The lowest BCUT2D eigenvalue weighted by molar-refractivity contribution is 0.276. The van der Waals surface area contributed by atoms with Crippen molar-refractivity contribution in [1.82, 2.24) is 14.6 Å². The number of nitrogens with two attached hydrogens (primary N) is 1. The van der Waals surface area contributed by atoms with Gasteiger partial charge in [-0.1, -0.05) is 41.9 Å². The van der Waals surface area contributed by atoms with Gasteiger partial charge in [0.15, 0.2) is 11.4 Å². The zero-order valence-electron chi connectivity index (χ0n) is 15.3. The maximum absolute atomic E-state index is 6.22. The molecule has 0 amide bonds. The van der Waals surface area contributed by atoms with Crippen molar-refractivity contribution >= 4 is 28.2 Å². The smallest absolute Gasteiger partial charge is 0.231 e. The van der Waals surface area contributed by atoms with Gasteiger partial charge in [-0.05, 0) is 35.9 Å². The molecular formula is C22H17ClN4O2. The SMILES string of the molecule is N[C@H](COc1ccc2ncc(-c3cc4ccccc4o3)n2n1)c1ccc(Cl)cc1. The van der Waals surface area contributed by atoms with Gasteiger partial charge in [0.05, 0.1) is 12.2 Å². The fraction of sp³-hybridized carbons (Fsp3) is 0.0909. The first-order chi connectivity index (χ1) is 14.2. The Bertz CT molecular complexity index is 1260. The molecule has 0 aliphatic heterocycles. The Morgan fingerprint density at radius 3 is 2.72 bits per heavy atom. The van der Waals surface area contributed by atoms with Crippen molar-refractivity contribution in [1.29, 1.82) is 0 Å². The van der Waals surface area contributed by atoms with Crippen molar-refractivity contribution in [3.63, 3.8) is 0 Å². The van der Waals surface area contributed by atoms with Gasteiger partial charge in [-0.15, -0.1) is 5.10 Å². The van der Waals surface area contributed by atoms with Crippen LogP contribution in [0.5, 0.6) is 5.88 Å². The van der Waals surface area contributed by atoms with Crippen LogP contribution in [0.15, 0.2) is 77.3 Å². The molecule has 0 spiro atoms. The number of para-hydroxylation sites is 1. The number of hydrogen-bond acceptors (Lipinski definition) is 5. The molecule has 5 aromatic rings. The molecule has 6 nitrogen and oxygen atoms in total. The van der Waals surface area contributed by atoms with E-state index < -0.39 is 0 Å². The summed E-state index contributed by atoms with van der Waals surface area (Å²) < 4.78 is 13.5. The molecule has 7 heteroatoms. The van der Waals surface area contributed by atoms with Crippen molar-refractivity contribution in [3.05, 3.63) is 83.5 Å². The first-order valence-electron chi connectivity index (χ1n) is 9.15. The molecule has 2 N–H and O–H groups in total. The molecule has 0 radical (unpaired) electrons. The minimum atomic E-state index is -0.289. The highest BCUT2D eigenvalue weighted by atomic mass is 35.5. The summed E-state index contributed by atoms with van der Waals surface area (Å²) in [7, 11) is 0. The summed E-state index contributed by atoms with van der Waals surface area (Å²) in [6.45, 7) is 0.287. The quantitative estimate of drug-likeness (QED) is 0.452. The maximum Gasteiger partial charge on any atom is 0.231 e. The normalized spacial score (nSPS) is 12.5. The molecule has 0 bridgehead atoms. The highest BCUT2D eigenvalue weighted by Gasteiger charge is 2.14. The minimum Gasteiger partial charge on any atom is -0.475 e.